The Labute approximate surface area is 132 Å². The molecule has 22 heavy (non-hydrogen) atoms. The maximum absolute atomic E-state index is 5.54. The van der Waals surface area contributed by atoms with E-state index < -0.39 is 0 Å². The van der Waals surface area contributed by atoms with Gasteiger partial charge < -0.3 is 15.4 Å². The number of aromatic nitrogens is 1. The van der Waals surface area contributed by atoms with Gasteiger partial charge in [0.2, 0.25) is 5.88 Å². The maximum atomic E-state index is 5.54. The molecule has 2 rings (SSSR count). The van der Waals surface area contributed by atoms with Crippen molar-refractivity contribution in [3.63, 3.8) is 0 Å². The lowest BCUT2D eigenvalue weighted by molar-refractivity contribution is 0.232. The third-order valence-electron chi connectivity index (χ3n) is 3.27. The van der Waals surface area contributed by atoms with E-state index in [9.17, 15) is 0 Å². The van der Waals surface area contributed by atoms with Crippen LogP contribution < -0.4 is 15.4 Å². The van der Waals surface area contributed by atoms with Crippen LogP contribution in [0.25, 0.3) is 0 Å². The Kier molecular flexibility index (Phi) is 6.25. The topological polar surface area (TPSA) is 58.5 Å². The molecule has 0 amide bonds. The summed E-state index contributed by atoms with van der Waals surface area (Å²) in [6, 6.07) is 4.36. The van der Waals surface area contributed by atoms with Crippen LogP contribution in [0.5, 0.6) is 5.88 Å². The van der Waals surface area contributed by atoms with Crippen molar-refractivity contribution in [1.82, 2.24) is 15.6 Å². The molecule has 0 unspecified atom stereocenters. The normalized spacial score (nSPS) is 15.4. The first kappa shape index (κ1) is 16.3. The number of hydrogen-bond acceptors (Lipinski definition) is 3. The minimum atomic E-state index is 0.140. The molecule has 5 nitrogen and oxygen atoms in total. The summed E-state index contributed by atoms with van der Waals surface area (Å²) >= 11 is 0. The van der Waals surface area contributed by atoms with Crippen molar-refractivity contribution in [2.24, 2.45) is 4.99 Å². The Morgan fingerprint density at radius 2 is 2.14 bits per heavy atom. The van der Waals surface area contributed by atoms with Gasteiger partial charge in [-0.05, 0) is 39.2 Å². The molecule has 0 aliphatic heterocycles. The molecule has 0 bridgehead atoms. The smallest absolute Gasteiger partial charge is 0.213 e. The second kappa shape index (κ2) is 8.41. The lowest BCUT2D eigenvalue weighted by atomic mass is 10.2. The average Bonchev–Trinajstić information content (AvgIpc) is 2.99. The van der Waals surface area contributed by atoms with Gasteiger partial charge in [-0.15, -0.1) is 0 Å². The van der Waals surface area contributed by atoms with Crippen molar-refractivity contribution < 1.29 is 4.74 Å². The second-order valence-electron chi connectivity index (χ2n) is 5.65. The highest BCUT2D eigenvalue weighted by molar-refractivity contribution is 5.80. The Morgan fingerprint density at radius 3 is 2.73 bits per heavy atom. The molecule has 0 atom stereocenters. The van der Waals surface area contributed by atoms with Gasteiger partial charge in [-0.25, -0.2) is 9.98 Å². The number of rotatable bonds is 6. The highest BCUT2D eigenvalue weighted by Gasteiger charge is 2.11. The van der Waals surface area contributed by atoms with Gasteiger partial charge in [0.15, 0.2) is 5.96 Å². The molecule has 5 heteroatoms. The van der Waals surface area contributed by atoms with Crippen molar-refractivity contribution in [2.45, 2.75) is 52.3 Å². The maximum Gasteiger partial charge on any atom is 0.213 e. The van der Waals surface area contributed by atoms with E-state index in [4.69, 9.17) is 4.74 Å². The van der Waals surface area contributed by atoms with Crippen LogP contribution in [0.3, 0.4) is 0 Å². The average molecular weight is 302 g/mol. The molecule has 1 heterocycles. The zero-order valence-corrected chi connectivity index (χ0v) is 13.7. The largest absolute Gasteiger partial charge is 0.475 e. The van der Waals surface area contributed by atoms with Crippen molar-refractivity contribution in [3.05, 3.63) is 36.0 Å². The predicted octanol–water partition coefficient (Wildman–Crippen LogP) is 2.64. The summed E-state index contributed by atoms with van der Waals surface area (Å²) in [4.78, 5) is 8.93. The molecule has 0 saturated heterocycles. The van der Waals surface area contributed by atoms with Crippen LogP contribution in [0, 0.1) is 0 Å². The van der Waals surface area contributed by atoms with Gasteiger partial charge >= 0.3 is 0 Å². The zero-order valence-electron chi connectivity index (χ0n) is 13.7. The molecule has 1 aromatic heterocycles. The molecule has 120 valence electrons. The summed E-state index contributed by atoms with van der Waals surface area (Å²) < 4.78 is 5.54. The lowest BCUT2D eigenvalue weighted by Gasteiger charge is -2.16. The standard InChI is InChI=1S/C17H26N4O/c1-4-18-17(21-15-7-5-6-8-15)20-12-14-9-10-16(19-11-14)22-13(2)3/h5-6,9-11,13,15H,4,7-8,12H2,1-3H3,(H2,18,20,21). The summed E-state index contributed by atoms with van der Waals surface area (Å²) in [6.45, 7) is 7.51. The molecule has 0 fully saturated rings. The fourth-order valence-electron chi connectivity index (χ4n) is 2.23. The molecule has 0 saturated carbocycles. The van der Waals surface area contributed by atoms with Gasteiger partial charge in [0.25, 0.3) is 0 Å². The van der Waals surface area contributed by atoms with E-state index in [0.29, 0.717) is 18.5 Å². The van der Waals surface area contributed by atoms with Gasteiger partial charge in [-0.2, -0.15) is 0 Å². The summed E-state index contributed by atoms with van der Waals surface area (Å²) in [7, 11) is 0. The molecule has 2 N–H and O–H groups in total. The number of hydrogen-bond donors (Lipinski definition) is 2. The number of ether oxygens (including phenoxy) is 1. The van der Waals surface area contributed by atoms with E-state index in [2.05, 4.69) is 39.7 Å². The van der Waals surface area contributed by atoms with Crippen molar-refractivity contribution in [2.75, 3.05) is 6.54 Å². The predicted molar refractivity (Wildman–Crippen MR) is 90.1 cm³/mol. The van der Waals surface area contributed by atoms with Crippen molar-refractivity contribution >= 4 is 5.96 Å². The van der Waals surface area contributed by atoms with E-state index in [1.165, 1.54) is 0 Å². The summed E-state index contributed by atoms with van der Waals surface area (Å²) in [6.07, 6.45) is 8.50. The van der Waals surface area contributed by atoms with Crippen LogP contribution in [0.2, 0.25) is 0 Å². The number of guanidine groups is 1. The molecule has 1 aromatic rings. The quantitative estimate of drug-likeness (QED) is 0.482. The highest BCUT2D eigenvalue weighted by Crippen LogP contribution is 2.11. The Bertz CT molecular complexity index is 500. The first-order chi connectivity index (χ1) is 10.7. The fraction of sp³-hybridized carbons (Fsp3) is 0.529. The van der Waals surface area contributed by atoms with Gasteiger partial charge in [0.1, 0.15) is 0 Å². The van der Waals surface area contributed by atoms with E-state index in [0.717, 1.165) is 30.9 Å². The number of pyridine rings is 1. The van der Waals surface area contributed by atoms with E-state index >= 15 is 0 Å². The van der Waals surface area contributed by atoms with Gasteiger partial charge in [0, 0.05) is 24.8 Å². The summed E-state index contributed by atoms with van der Waals surface area (Å²) in [5.41, 5.74) is 1.07. The van der Waals surface area contributed by atoms with E-state index in [1.807, 2.05) is 32.2 Å². The van der Waals surface area contributed by atoms with Crippen LogP contribution in [0.4, 0.5) is 0 Å². The summed E-state index contributed by atoms with van der Waals surface area (Å²) in [5, 5.41) is 6.74. The van der Waals surface area contributed by atoms with Crippen LogP contribution in [-0.2, 0) is 6.54 Å². The third-order valence-corrected chi connectivity index (χ3v) is 3.27. The zero-order chi connectivity index (χ0) is 15.8. The Hall–Kier alpha value is -2.04. The number of nitrogens with zero attached hydrogens (tertiary/aromatic N) is 2. The first-order valence-electron chi connectivity index (χ1n) is 7.98. The summed E-state index contributed by atoms with van der Waals surface area (Å²) in [5.74, 6) is 1.52. The van der Waals surface area contributed by atoms with Gasteiger partial charge in [-0.3, -0.25) is 0 Å². The number of aliphatic imine (C=N–C) groups is 1. The molecular formula is C17H26N4O. The Balaban J connectivity index is 1.91. The Morgan fingerprint density at radius 1 is 1.36 bits per heavy atom. The third kappa shape index (κ3) is 5.39. The van der Waals surface area contributed by atoms with Gasteiger partial charge in [-0.1, -0.05) is 18.2 Å². The first-order valence-corrected chi connectivity index (χ1v) is 7.98. The molecule has 1 aliphatic carbocycles. The molecule has 1 aliphatic rings. The highest BCUT2D eigenvalue weighted by atomic mass is 16.5. The molecule has 0 spiro atoms. The minimum absolute atomic E-state index is 0.140. The molecule has 0 radical (unpaired) electrons. The fourth-order valence-corrected chi connectivity index (χ4v) is 2.23. The van der Waals surface area contributed by atoms with Crippen LogP contribution in [0.1, 0.15) is 39.2 Å². The van der Waals surface area contributed by atoms with Crippen molar-refractivity contribution in [1.29, 1.82) is 0 Å². The number of nitrogens with one attached hydrogen (secondary N) is 2. The van der Waals surface area contributed by atoms with Crippen LogP contribution in [0.15, 0.2) is 35.5 Å². The minimum Gasteiger partial charge on any atom is -0.475 e. The van der Waals surface area contributed by atoms with E-state index in [1.54, 1.807) is 0 Å². The van der Waals surface area contributed by atoms with Crippen LogP contribution >= 0.6 is 0 Å². The monoisotopic (exact) mass is 302 g/mol. The SMILES string of the molecule is CCNC(=NCc1ccc(OC(C)C)nc1)NC1CC=CC1. The molecular weight excluding hydrogens is 276 g/mol. The van der Waals surface area contributed by atoms with Crippen molar-refractivity contribution in [3.8, 4) is 5.88 Å². The van der Waals surface area contributed by atoms with Crippen LogP contribution in [-0.4, -0.2) is 29.6 Å². The second-order valence-corrected chi connectivity index (χ2v) is 5.65. The molecule has 0 aromatic carbocycles. The lowest BCUT2D eigenvalue weighted by Crippen LogP contribution is -2.42. The van der Waals surface area contributed by atoms with E-state index in [-0.39, 0.29) is 6.10 Å². The van der Waals surface area contributed by atoms with Gasteiger partial charge in [0.05, 0.1) is 12.6 Å².